The van der Waals surface area contributed by atoms with Crippen LogP contribution in [0.4, 0.5) is 5.69 Å². The van der Waals surface area contributed by atoms with Crippen molar-refractivity contribution in [2.24, 2.45) is 5.92 Å². The number of rotatable bonds is 5. The Labute approximate surface area is 155 Å². The van der Waals surface area contributed by atoms with Gasteiger partial charge in [-0.2, -0.15) is 0 Å². The van der Waals surface area contributed by atoms with Gasteiger partial charge in [0.05, 0.1) is 0 Å². The standard InChI is InChI=1S/C19H27N3O2.ClH/c23-18(7-6-15-8-10-20-11-9-15)21-17-5-3-4-16(14-17)19(24)22-12-1-2-13-22;/h3-5,14-15,20H,1-2,6-13H2,(H,21,23);1H. The van der Waals surface area contributed by atoms with Crippen molar-refractivity contribution >= 4 is 29.9 Å². The van der Waals surface area contributed by atoms with Crippen LogP contribution in [-0.4, -0.2) is 42.9 Å². The average molecular weight is 366 g/mol. The monoisotopic (exact) mass is 365 g/mol. The normalized spacial score (nSPS) is 17.8. The fraction of sp³-hybridized carbons (Fsp3) is 0.579. The molecule has 5 nitrogen and oxygen atoms in total. The van der Waals surface area contributed by atoms with Gasteiger partial charge in [-0.1, -0.05) is 6.07 Å². The van der Waals surface area contributed by atoms with Crippen molar-refractivity contribution in [1.29, 1.82) is 0 Å². The summed E-state index contributed by atoms with van der Waals surface area (Å²) in [4.78, 5) is 26.5. The quantitative estimate of drug-likeness (QED) is 0.843. The molecule has 0 aliphatic carbocycles. The minimum Gasteiger partial charge on any atom is -0.339 e. The highest BCUT2D eigenvalue weighted by atomic mass is 35.5. The molecule has 3 rings (SSSR count). The Kier molecular flexibility index (Phi) is 7.72. The number of nitrogens with one attached hydrogen (secondary N) is 2. The van der Waals surface area contributed by atoms with Gasteiger partial charge in [-0.25, -0.2) is 0 Å². The van der Waals surface area contributed by atoms with Crippen LogP contribution >= 0.6 is 12.4 Å². The lowest BCUT2D eigenvalue weighted by Gasteiger charge is -2.22. The van der Waals surface area contributed by atoms with Crippen molar-refractivity contribution < 1.29 is 9.59 Å². The molecule has 2 saturated heterocycles. The Hall–Kier alpha value is -1.59. The zero-order valence-electron chi connectivity index (χ0n) is 14.6. The Balaban J connectivity index is 0.00000225. The molecule has 0 spiro atoms. The molecular weight excluding hydrogens is 338 g/mol. The lowest BCUT2D eigenvalue weighted by molar-refractivity contribution is -0.116. The summed E-state index contributed by atoms with van der Waals surface area (Å²) in [7, 11) is 0. The molecule has 2 heterocycles. The number of benzene rings is 1. The van der Waals surface area contributed by atoms with Gasteiger partial charge < -0.3 is 15.5 Å². The summed E-state index contributed by atoms with van der Waals surface area (Å²) in [6.07, 6.45) is 5.98. The van der Waals surface area contributed by atoms with Gasteiger partial charge in [0, 0.05) is 30.8 Å². The Bertz CT molecular complexity index is 582. The number of anilines is 1. The molecule has 2 amide bonds. The van der Waals surface area contributed by atoms with Crippen LogP contribution in [0, 0.1) is 5.92 Å². The van der Waals surface area contributed by atoms with E-state index in [2.05, 4.69) is 10.6 Å². The second-order valence-electron chi connectivity index (χ2n) is 6.86. The van der Waals surface area contributed by atoms with Crippen LogP contribution in [0.15, 0.2) is 24.3 Å². The first-order chi connectivity index (χ1) is 11.7. The average Bonchev–Trinajstić information content (AvgIpc) is 3.15. The first-order valence-corrected chi connectivity index (χ1v) is 9.12. The Morgan fingerprint density at radius 3 is 2.60 bits per heavy atom. The third-order valence-electron chi connectivity index (χ3n) is 5.02. The molecule has 6 heteroatoms. The number of carbonyl (C=O) groups is 2. The zero-order chi connectivity index (χ0) is 16.8. The van der Waals surface area contributed by atoms with E-state index in [1.807, 2.05) is 23.1 Å². The van der Waals surface area contributed by atoms with E-state index in [1.165, 1.54) is 0 Å². The number of hydrogen-bond donors (Lipinski definition) is 2. The highest BCUT2D eigenvalue weighted by molar-refractivity contribution is 5.97. The van der Waals surface area contributed by atoms with Crippen molar-refractivity contribution in [3.8, 4) is 0 Å². The molecule has 1 aromatic rings. The summed E-state index contributed by atoms with van der Waals surface area (Å²) in [5.74, 6) is 0.762. The van der Waals surface area contributed by atoms with Crippen LogP contribution in [0.5, 0.6) is 0 Å². The van der Waals surface area contributed by atoms with E-state index in [4.69, 9.17) is 0 Å². The smallest absolute Gasteiger partial charge is 0.253 e. The number of piperidine rings is 1. The van der Waals surface area contributed by atoms with Gasteiger partial charge in [-0.15, -0.1) is 12.4 Å². The molecule has 0 radical (unpaired) electrons. The van der Waals surface area contributed by atoms with Gasteiger partial charge in [0.2, 0.25) is 5.91 Å². The Morgan fingerprint density at radius 2 is 1.88 bits per heavy atom. The minimum atomic E-state index is 0. The molecule has 138 valence electrons. The summed E-state index contributed by atoms with van der Waals surface area (Å²) in [6.45, 7) is 3.80. The van der Waals surface area contributed by atoms with E-state index >= 15 is 0 Å². The van der Waals surface area contributed by atoms with E-state index < -0.39 is 0 Å². The summed E-state index contributed by atoms with van der Waals surface area (Å²) in [5.41, 5.74) is 1.38. The molecule has 2 N–H and O–H groups in total. The van der Waals surface area contributed by atoms with Crippen LogP contribution in [0.25, 0.3) is 0 Å². The number of hydrogen-bond acceptors (Lipinski definition) is 3. The molecule has 25 heavy (non-hydrogen) atoms. The number of nitrogens with zero attached hydrogens (tertiary/aromatic N) is 1. The van der Waals surface area contributed by atoms with E-state index in [0.29, 0.717) is 17.9 Å². The van der Waals surface area contributed by atoms with Gasteiger partial charge in [0.1, 0.15) is 0 Å². The third kappa shape index (κ3) is 5.72. The van der Waals surface area contributed by atoms with Gasteiger partial charge in [-0.05, 0) is 69.3 Å². The lowest BCUT2D eigenvalue weighted by Crippen LogP contribution is -2.28. The fourth-order valence-electron chi connectivity index (χ4n) is 3.56. The summed E-state index contributed by atoms with van der Waals surface area (Å²) in [5, 5.41) is 6.29. The molecule has 0 unspecified atom stereocenters. The van der Waals surface area contributed by atoms with Crippen molar-refractivity contribution in [3.05, 3.63) is 29.8 Å². The van der Waals surface area contributed by atoms with Crippen LogP contribution in [0.1, 0.15) is 48.9 Å². The van der Waals surface area contributed by atoms with Crippen molar-refractivity contribution in [3.63, 3.8) is 0 Å². The number of carbonyl (C=O) groups excluding carboxylic acids is 2. The predicted molar refractivity (Wildman–Crippen MR) is 102 cm³/mol. The summed E-state index contributed by atoms with van der Waals surface area (Å²) in [6, 6.07) is 7.31. The molecule has 2 fully saturated rings. The molecule has 2 aliphatic heterocycles. The zero-order valence-corrected chi connectivity index (χ0v) is 15.4. The maximum Gasteiger partial charge on any atom is 0.253 e. The maximum absolute atomic E-state index is 12.4. The Morgan fingerprint density at radius 1 is 1.16 bits per heavy atom. The highest BCUT2D eigenvalue weighted by Crippen LogP contribution is 2.19. The molecule has 2 aliphatic rings. The van der Waals surface area contributed by atoms with E-state index in [-0.39, 0.29) is 24.2 Å². The highest BCUT2D eigenvalue weighted by Gasteiger charge is 2.20. The largest absolute Gasteiger partial charge is 0.339 e. The predicted octanol–water partition coefficient (Wildman–Crippen LogP) is 3.06. The van der Waals surface area contributed by atoms with E-state index in [1.54, 1.807) is 6.07 Å². The molecule has 0 atom stereocenters. The second kappa shape index (κ2) is 9.78. The van der Waals surface area contributed by atoms with Crippen LogP contribution in [0.3, 0.4) is 0 Å². The minimum absolute atomic E-state index is 0. The lowest BCUT2D eigenvalue weighted by atomic mass is 9.93. The molecule has 0 saturated carbocycles. The van der Waals surface area contributed by atoms with Crippen molar-refractivity contribution in [1.82, 2.24) is 10.2 Å². The van der Waals surface area contributed by atoms with Gasteiger partial charge >= 0.3 is 0 Å². The van der Waals surface area contributed by atoms with Crippen molar-refractivity contribution in [2.45, 2.75) is 38.5 Å². The molecule has 0 bridgehead atoms. The van der Waals surface area contributed by atoms with E-state index in [0.717, 1.165) is 64.0 Å². The molecule has 1 aromatic carbocycles. The molecule has 0 aromatic heterocycles. The summed E-state index contributed by atoms with van der Waals surface area (Å²) < 4.78 is 0. The topological polar surface area (TPSA) is 61.4 Å². The number of halogens is 1. The molecular formula is C19H28ClN3O2. The maximum atomic E-state index is 12.4. The fourth-order valence-corrected chi connectivity index (χ4v) is 3.56. The first-order valence-electron chi connectivity index (χ1n) is 9.12. The SMILES string of the molecule is Cl.O=C(CCC1CCNCC1)Nc1cccc(C(=O)N2CCCC2)c1. The van der Waals surface area contributed by atoms with Crippen LogP contribution in [0.2, 0.25) is 0 Å². The van der Waals surface area contributed by atoms with Gasteiger partial charge in [-0.3, -0.25) is 9.59 Å². The van der Waals surface area contributed by atoms with Crippen LogP contribution in [-0.2, 0) is 4.79 Å². The van der Waals surface area contributed by atoms with Crippen molar-refractivity contribution in [2.75, 3.05) is 31.5 Å². The van der Waals surface area contributed by atoms with Gasteiger partial charge in [0.15, 0.2) is 0 Å². The number of likely N-dealkylation sites (tertiary alicyclic amines) is 1. The number of amides is 2. The first kappa shape index (κ1) is 19.7. The van der Waals surface area contributed by atoms with Gasteiger partial charge in [0.25, 0.3) is 5.91 Å². The second-order valence-corrected chi connectivity index (χ2v) is 6.86. The van der Waals surface area contributed by atoms with Crippen LogP contribution < -0.4 is 10.6 Å². The summed E-state index contributed by atoms with van der Waals surface area (Å²) >= 11 is 0. The third-order valence-corrected chi connectivity index (χ3v) is 5.02. The van der Waals surface area contributed by atoms with E-state index in [9.17, 15) is 9.59 Å².